The lowest BCUT2D eigenvalue weighted by Gasteiger charge is -2.36. The van der Waals surface area contributed by atoms with Crippen molar-refractivity contribution in [3.63, 3.8) is 0 Å². The van der Waals surface area contributed by atoms with Gasteiger partial charge >= 0.3 is 17.9 Å². The second-order valence-electron chi connectivity index (χ2n) is 8.67. The summed E-state index contributed by atoms with van der Waals surface area (Å²) < 4.78 is 17.1. The second kappa shape index (κ2) is 8.16. The molecule has 172 valence electrons. The summed E-state index contributed by atoms with van der Waals surface area (Å²) in [5, 5.41) is 0.0911. The van der Waals surface area contributed by atoms with Crippen LogP contribution in [0.1, 0.15) is 33.6 Å². The minimum absolute atomic E-state index is 0.0897. The number of methoxy groups -OCH3 is 2. The Kier molecular flexibility index (Phi) is 6.03. The fraction of sp³-hybridized carbons (Fsp3) is 0.524. The van der Waals surface area contributed by atoms with Crippen molar-refractivity contribution >= 4 is 40.7 Å². The Balaban J connectivity index is 2.34. The van der Waals surface area contributed by atoms with Gasteiger partial charge in [0.1, 0.15) is 17.4 Å². The van der Waals surface area contributed by atoms with E-state index in [1.165, 1.54) is 37.5 Å². The average Bonchev–Trinajstić information content (AvgIpc) is 3.33. The van der Waals surface area contributed by atoms with E-state index < -0.39 is 40.4 Å². The Morgan fingerprint density at radius 1 is 1.16 bits per heavy atom. The summed E-state index contributed by atoms with van der Waals surface area (Å²) in [6, 6.07) is 0. The number of carbonyl (C=O) groups is 3. The molecule has 0 aromatic carbocycles. The van der Waals surface area contributed by atoms with Gasteiger partial charge in [-0.05, 0) is 27.2 Å². The summed E-state index contributed by atoms with van der Waals surface area (Å²) in [5.41, 5.74) is -3.74. The van der Waals surface area contributed by atoms with Crippen LogP contribution in [0.4, 0.5) is 0 Å². The molecule has 0 radical (unpaired) electrons. The maximum Gasteiger partial charge on any atom is 0.333 e. The van der Waals surface area contributed by atoms with Crippen LogP contribution < -0.4 is 0 Å². The van der Waals surface area contributed by atoms with E-state index in [1.54, 1.807) is 20.8 Å². The van der Waals surface area contributed by atoms with Crippen molar-refractivity contribution in [1.82, 2.24) is 19.5 Å². The fourth-order valence-corrected chi connectivity index (χ4v) is 4.50. The lowest BCUT2D eigenvalue weighted by molar-refractivity contribution is -0.172. The van der Waals surface area contributed by atoms with Crippen LogP contribution >= 0.6 is 11.6 Å². The molecule has 1 saturated carbocycles. The first-order valence-electron chi connectivity index (χ1n) is 9.83. The highest BCUT2D eigenvalue weighted by atomic mass is 35.5. The van der Waals surface area contributed by atoms with Gasteiger partial charge in [-0.2, -0.15) is 0 Å². The molecule has 2 aromatic heterocycles. The third-order valence-electron chi connectivity index (χ3n) is 5.66. The highest BCUT2D eigenvalue weighted by molar-refractivity contribution is 6.33. The number of aromatic nitrogens is 4. The van der Waals surface area contributed by atoms with E-state index in [2.05, 4.69) is 21.5 Å². The Labute approximate surface area is 189 Å². The summed E-state index contributed by atoms with van der Waals surface area (Å²) in [6.07, 6.45) is 3.71. The summed E-state index contributed by atoms with van der Waals surface area (Å²) in [6.45, 7) is 9.01. The molecule has 0 amide bonds. The number of esters is 3. The maximum absolute atomic E-state index is 13.8. The first-order valence-corrected chi connectivity index (χ1v) is 10.2. The number of hydrogen-bond acceptors (Lipinski definition) is 9. The molecule has 1 aliphatic carbocycles. The normalized spacial score (nSPS) is 22.4. The van der Waals surface area contributed by atoms with Gasteiger partial charge in [-0.3, -0.25) is 14.2 Å². The van der Waals surface area contributed by atoms with Crippen molar-refractivity contribution in [3.05, 3.63) is 30.5 Å². The largest absolute Gasteiger partial charge is 0.468 e. The van der Waals surface area contributed by atoms with Crippen LogP contribution in [0.15, 0.2) is 25.3 Å². The molecule has 32 heavy (non-hydrogen) atoms. The molecule has 0 bridgehead atoms. The number of imidazole rings is 1. The fourth-order valence-electron chi connectivity index (χ4n) is 4.32. The highest BCUT2D eigenvalue weighted by Crippen LogP contribution is 2.55. The molecule has 0 unspecified atom stereocenters. The van der Waals surface area contributed by atoms with Gasteiger partial charge < -0.3 is 14.2 Å². The highest BCUT2D eigenvalue weighted by Gasteiger charge is 2.67. The first-order chi connectivity index (χ1) is 15.0. The number of fused-ring (bicyclic) bond motifs is 1. The monoisotopic (exact) mass is 464 g/mol. The van der Waals surface area contributed by atoms with Gasteiger partial charge in [0, 0.05) is 12.3 Å². The van der Waals surface area contributed by atoms with Crippen LogP contribution in [0.5, 0.6) is 0 Å². The lowest BCUT2D eigenvalue weighted by Crippen LogP contribution is -2.49. The summed E-state index contributed by atoms with van der Waals surface area (Å²) in [4.78, 5) is 52.0. The molecule has 2 aromatic rings. The minimum Gasteiger partial charge on any atom is -0.468 e. The van der Waals surface area contributed by atoms with Crippen molar-refractivity contribution in [3.8, 4) is 0 Å². The zero-order valence-electron chi connectivity index (χ0n) is 18.5. The lowest BCUT2D eigenvalue weighted by atomic mass is 9.82. The molecule has 1 aliphatic rings. The molecule has 3 rings (SSSR count). The molecule has 0 aliphatic heterocycles. The number of carbonyl (C=O) groups excluding carboxylic acids is 3. The molecule has 11 heteroatoms. The van der Waals surface area contributed by atoms with Gasteiger partial charge in [0.2, 0.25) is 0 Å². The van der Waals surface area contributed by atoms with Gasteiger partial charge in [-0.15, -0.1) is 6.58 Å². The zero-order valence-corrected chi connectivity index (χ0v) is 19.3. The van der Waals surface area contributed by atoms with E-state index >= 15 is 0 Å². The minimum atomic E-state index is -1.77. The van der Waals surface area contributed by atoms with Crippen molar-refractivity contribution in [2.24, 2.45) is 11.3 Å². The molecular weight excluding hydrogens is 440 g/mol. The van der Waals surface area contributed by atoms with Crippen LogP contribution in [-0.2, 0) is 34.1 Å². The van der Waals surface area contributed by atoms with E-state index in [-0.39, 0.29) is 29.2 Å². The molecular formula is C21H25ClN4O6. The van der Waals surface area contributed by atoms with E-state index in [0.717, 1.165) is 0 Å². The Morgan fingerprint density at radius 3 is 2.31 bits per heavy atom. The van der Waals surface area contributed by atoms with Crippen molar-refractivity contribution in [2.75, 3.05) is 14.2 Å². The van der Waals surface area contributed by atoms with Gasteiger partial charge in [0.25, 0.3) is 0 Å². The van der Waals surface area contributed by atoms with Crippen LogP contribution in [-0.4, -0.2) is 57.2 Å². The summed E-state index contributed by atoms with van der Waals surface area (Å²) in [5.74, 6) is -3.06. The molecule has 2 atom stereocenters. The van der Waals surface area contributed by atoms with E-state index in [4.69, 9.17) is 25.8 Å². The van der Waals surface area contributed by atoms with Crippen LogP contribution in [0, 0.1) is 11.3 Å². The van der Waals surface area contributed by atoms with Crippen LogP contribution in [0.2, 0.25) is 5.15 Å². The second-order valence-corrected chi connectivity index (χ2v) is 9.02. The van der Waals surface area contributed by atoms with Crippen molar-refractivity contribution in [2.45, 2.75) is 44.8 Å². The third-order valence-corrected chi connectivity index (χ3v) is 5.94. The number of rotatable bonds is 5. The molecule has 0 saturated heterocycles. The SMILES string of the molecule is C=C[C@H]1CC(C(=O)OC)(C(=O)OC)C[C@@]1(C(=O)OC(C)(C)C)n1cnc2c(Cl)ncnc21. The van der Waals surface area contributed by atoms with Crippen molar-refractivity contribution in [1.29, 1.82) is 0 Å². The molecule has 1 fully saturated rings. The quantitative estimate of drug-likeness (QED) is 0.216. The average molecular weight is 465 g/mol. The van der Waals surface area contributed by atoms with Gasteiger partial charge in [-0.25, -0.2) is 19.7 Å². The van der Waals surface area contributed by atoms with Crippen LogP contribution in [0.25, 0.3) is 11.2 Å². The van der Waals surface area contributed by atoms with Gasteiger partial charge in [-0.1, -0.05) is 17.7 Å². The summed E-state index contributed by atoms with van der Waals surface area (Å²) in [7, 11) is 2.34. The predicted molar refractivity (Wildman–Crippen MR) is 114 cm³/mol. The molecule has 10 nitrogen and oxygen atoms in total. The number of hydrogen-bond donors (Lipinski definition) is 0. The number of ether oxygens (including phenoxy) is 3. The first kappa shape index (κ1) is 23.6. The third kappa shape index (κ3) is 3.52. The zero-order chi connectivity index (χ0) is 23.9. The molecule has 0 N–H and O–H groups in total. The summed E-state index contributed by atoms with van der Waals surface area (Å²) >= 11 is 6.17. The van der Waals surface area contributed by atoms with Gasteiger partial charge in [0.15, 0.2) is 21.8 Å². The van der Waals surface area contributed by atoms with Crippen molar-refractivity contribution < 1.29 is 28.6 Å². The van der Waals surface area contributed by atoms with Crippen LogP contribution in [0.3, 0.4) is 0 Å². The van der Waals surface area contributed by atoms with E-state index in [0.29, 0.717) is 0 Å². The number of halogens is 1. The van der Waals surface area contributed by atoms with Gasteiger partial charge in [0.05, 0.1) is 20.5 Å². The maximum atomic E-state index is 13.8. The van der Waals surface area contributed by atoms with E-state index in [9.17, 15) is 14.4 Å². The standard InChI is InChI=1S/C21H25ClN4O6/c1-7-12-8-20(16(27)30-5,17(28)31-6)9-21(12,18(29)32-19(2,3)4)26-11-25-13-14(22)23-10-24-15(13)26/h7,10-12H,1,8-9H2,2-6H3/t12-,21+/m0/s1. The topological polar surface area (TPSA) is 123 Å². The molecule has 0 spiro atoms. The Bertz CT molecular complexity index is 1080. The smallest absolute Gasteiger partial charge is 0.333 e. The predicted octanol–water partition coefficient (Wildman–Crippen LogP) is 2.45. The van der Waals surface area contributed by atoms with E-state index in [1.807, 2.05) is 0 Å². The Hall–Kier alpha value is -3.01. The molecule has 2 heterocycles. The Morgan fingerprint density at radius 2 is 1.78 bits per heavy atom. The number of nitrogens with zero attached hydrogens (tertiary/aromatic N) is 4. The number of allylic oxidation sites excluding steroid dienone is 1.